The number of nitrogens with one attached hydrogen (secondary N) is 1. The molecule has 0 saturated carbocycles. The molecule has 2 aromatic carbocycles. The molecule has 0 aliphatic carbocycles. The highest BCUT2D eigenvalue weighted by Crippen LogP contribution is 2.20. The lowest BCUT2D eigenvalue weighted by Gasteiger charge is -2.12. The highest BCUT2D eigenvalue weighted by Gasteiger charge is 2.05. The molecule has 94 valence electrons. The van der Waals surface area contributed by atoms with E-state index in [9.17, 15) is 4.39 Å². The van der Waals surface area contributed by atoms with Crippen molar-refractivity contribution in [1.29, 1.82) is 0 Å². The average molecular weight is 243 g/mol. The molecule has 0 radical (unpaired) electrons. The second-order valence-corrected chi connectivity index (χ2v) is 4.72. The lowest BCUT2D eigenvalue weighted by atomic mass is 10.1. The maximum atomic E-state index is 13.7. The molecular formula is C16H18FN. The van der Waals surface area contributed by atoms with Crippen LogP contribution in [0.15, 0.2) is 36.4 Å². The van der Waals surface area contributed by atoms with Crippen LogP contribution in [0.1, 0.15) is 22.3 Å². The van der Waals surface area contributed by atoms with Gasteiger partial charge in [-0.2, -0.15) is 0 Å². The number of hydrogen-bond acceptors (Lipinski definition) is 1. The van der Waals surface area contributed by atoms with Crippen LogP contribution >= 0.6 is 0 Å². The van der Waals surface area contributed by atoms with Crippen LogP contribution in [0, 0.1) is 26.6 Å². The number of benzene rings is 2. The minimum Gasteiger partial charge on any atom is -0.378 e. The van der Waals surface area contributed by atoms with E-state index in [-0.39, 0.29) is 5.82 Å². The molecule has 2 heteroatoms. The summed E-state index contributed by atoms with van der Waals surface area (Å²) in [5, 5.41) is 3.18. The second-order valence-electron chi connectivity index (χ2n) is 4.72. The van der Waals surface area contributed by atoms with Crippen molar-refractivity contribution in [3.05, 3.63) is 64.5 Å². The van der Waals surface area contributed by atoms with Crippen molar-refractivity contribution in [1.82, 2.24) is 0 Å². The molecular weight excluding hydrogens is 225 g/mol. The van der Waals surface area contributed by atoms with Crippen molar-refractivity contribution in [2.45, 2.75) is 27.3 Å². The zero-order valence-electron chi connectivity index (χ0n) is 11.0. The third-order valence-corrected chi connectivity index (χ3v) is 3.18. The number of halogens is 1. The zero-order chi connectivity index (χ0) is 13.1. The number of anilines is 1. The fourth-order valence-corrected chi connectivity index (χ4v) is 2.08. The summed E-state index contributed by atoms with van der Waals surface area (Å²) >= 11 is 0. The van der Waals surface area contributed by atoms with Crippen LogP contribution in [-0.4, -0.2) is 0 Å². The van der Waals surface area contributed by atoms with Crippen LogP contribution < -0.4 is 5.32 Å². The lowest BCUT2D eigenvalue weighted by Crippen LogP contribution is -2.04. The topological polar surface area (TPSA) is 12.0 Å². The quantitative estimate of drug-likeness (QED) is 0.844. The normalized spacial score (nSPS) is 10.4. The Bertz CT molecular complexity index is 541. The van der Waals surface area contributed by atoms with Crippen LogP contribution in [0.25, 0.3) is 0 Å². The van der Waals surface area contributed by atoms with Gasteiger partial charge in [0.05, 0.1) is 5.69 Å². The minimum absolute atomic E-state index is 0.195. The van der Waals surface area contributed by atoms with Gasteiger partial charge in [0.25, 0.3) is 0 Å². The van der Waals surface area contributed by atoms with Crippen molar-refractivity contribution in [2.24, 2.45) is 0 Å². The minimum atomic E-state index is -0.195. The summed E-state index contributed by atoms with van der Waals surface area (Å²) < 4.78 is 13.7. The predicted octanol–water partition coefficient (Wildman–Crippen LogP) is 4.36. The van der Waals surface area contributed by atoms with Crippen LogP contribution in [0.5, 0.6) is 0 Å². The van der Waals surface area contributed by atoms with Crippen LogP contribution in [-0.2, 0) is 6.54 Å². The second kappa shape index (κ2) is 5.21. The first-order chi connectivity index (χ1) is 8.58. The van der Waals surface area contributed by atoms with E-state index in [0.717, 1.165) is 5.56 Å². The number of hydrogen-bond donors (Lipinski definition) is 1. The molecule has 18 heavy (non-hydrogen) atoms. The molecule has 2 rings (SSSR count). The Hall–Kier alpha value is -1.83. The van der Waals surface area contributed by atoms with Gasteiger partial charge in [-0.1, -0.05) is 35.9 Å². The summed E-state index contributed by atoms with van der Waals surface area (Å²) in [6.45, 7) is 6.71. The van der Waals surface area contributed by atoms with E-state index in [1.165, 1.54) is 22.8 Å². The molecule has 0 saturated heterocycles. The van der Waals surface area contributed by atoms with Crippen molar-refractivity contribution >= 4 is 5.69 Å². The predicted molar refractivity (Wildman–Crippen MR) is 74.4 cm³/mol. The van der Waals surface area contributed by atoms with Crippen molar-refractivity contribution in [3.63, 3.8) is 0 Å². The van der Waals surface area contributed by atoms with Crippen molar-refractivity contribution in [3.8, 4) is 0 Å². The molecule has 1 N–H and O–H groups in total. The van der Waals surface area contributed by atoms with Gasteiger partial charge in [0.1, 0.15) is 5.82 Å². The summed E-state index contributed by atoms with van der Waals surface area (Å²) in [6.07, 6.45) is 0. The molecule has 0 atom stereocenters. The highest BCUT2D eigenvalue weighted by molar-refractivity contribution is 5.52. The molecule has 0 spiro atoms. The standard InChI is InChI=1S/C16H18FN/c1-11-7-8-14(13(3)9-11)10-18-16-12(2)5-4-6-15(16)17/h4-9,18H,10H2,1-3H3. The molecule has 0 aromatic heterocycles. The number of para-hydroxylation sites is 1. The summed E-state index contributed by atoms with van der Waals surface area (Å²) in [5.74, 6) is -0.195. The number of rotatable bonds is 3. The Labute approximate surface area is 108 Å². The SMILES string of the molecule is Cc1ccc(CNc2c(C)cccc2F)c(C)c1. The fraction of sp³-hybridized carbons (Fsp3) is 0.250. The van der Waals surface area contributed by atoms with E-state index < -0.39 is 0 Å². The van der Waals surface area contributed by atoms with Crippen molar-refractivity contribution in [2.75, 3.05) is 5.32 Å². The summed E-state index contributed by atoms with van der Waals surface area (Å²) in [4.78, 5) is 0. The Morgan fingerprint density at radius 3 is 2.44 bits per heavy atom. The van der Waals surface area contributed by atoms with Gasteiger partial charge in [0, 0.05) is 6.54 Å². The summed E-state index contributed by atoms with van der Waals surface area (Å²) in [6, 6.07) is 11.4. The van der Waals surface area contributed by atoms with E-state index in [4.69, 9.17) is 0 Å². The third-order valence-electron chi connectivity index (χ3n) is 3.18. The van der Waals surface area contributed by atoms with E-state index in [1.54, 1.807) is 6.07 Å². The van der Waals surface area contributed by atoms with Gasteiger partial charge in [-0.25, -0.2) is 4.39 Å². The lowest BCUT2D eigenvalue weighted by molar-refractivity contribution is 0.629. The van der Waals surface area contributed by atoms with E-state index >= 15 is 0 Å². The first-order valence-electron chi connectivity index (χ1n) is 6.13. The Balaban J connectivity index is 2.16. The van der Waals surface area contributed by atoms with Gasteiger partial charge in [-0.05, 0) is 43.5 Å². The maximum absolute atomic E-state index is 13.7. The van der Waals surface area contributed by atoms with Gasteiger partial charge in [0.15, 0.2) is 0 Å². The zero-order valence-corrected chi connectivity index (χ0v) is 11.0. The van der Waals surface area contributed by atoms with E-state index in [1.807, 2.05) is 13.0 Å². The van der Waals surface area contributed by atoms with Gasteiger partial charge in [0.2, 0.25) is 0 Å². The van der Waals surface area contributed by atoms with Crippen LogP contribution in [0.2, 0.25) is 0 Å². The molecule has 1 nitrogen and oxygen atoms in total. The maximum Gasteiger partial charge on any atom is 0.146 e. The van der Waals surface area contributed by atoms with Crippen LogP contribution in [0.3, 0.4) is 0 Å². The summed E-state index contributed by atoms with van der Waals surface area (Å²) in [5.41, 5.74) is 5.20. The number of aryl methyl sites for hydroxylation is 3. The largest absolute Gasteiger partial charge is 0.378 e. The van der Waals surface area contributed by atoms with E-state index in [2.05, 4.69) is 37.4 Å². The monoisotopic (exact) mass is 243 g/mol. The smallest absolute Gasteiger partial charge is 0.146 e. The molecule has 0 heterocycles. The van der Waals surface area contributed by atoms with Crippen LogP contribution in [0.4, 0.5) is 10.1 Å². The first kappa shape index (κ1) is 12.6. The Morgan fingerprint density at radius 1 is 1.00 bits per heavy atom. The molecule has 0 bridgehead atoms. The van der Waals surface area contributed by atoms with Gasteiger partial charge in [-0.15, -0.1) is 0 Å². The van der Waals surface area contributed by atoms with Crippen molar-refractivity contribution < 1.29 is 4.39 Å². The molecule has 0 amide bonds. The average Bonchev–Trinajstić information content (AvgIpc) is 2.31. The van der Waals surface area contributed by atoms with Gasteiger partial charge in [-0.3, -0.25) is 0 Å². The molecule has 0 aliphatic heterocycles. The Kier molecular flexibility index (Phi) is 3.66. The molecule has 0 fully saturated rings. The third kappa shape index (κ3) is 2.70. The summed E-state index contributed by atoms with van der Waals surface area (Å²) in [7, 11) is 0. The van der Waals surface area contributed by atoms with Gasteiger partial charge < -0.3 is 5.32 Å². The Morgan fingerprint density at radius 2 is 1.78 bits per heavy atom. The van der Waals surface area contributed by atoms with E-state index in [0.29, 0.717) is 12.2 Å². The fourth-order valence-electron chi connectivity index (χ4n) is 2.08. The molecule has 0 unspecified atom stereocenters. The molecule has 0 aliphatic rings. The van der Waals surface area contributed by atoms with Gasteiger partial charge >= 0.3 is 0 Å². The first-order valence-corrected chi connectivity index (χ1v) is 6.13. The molecule has 2 aromatic rings. The highest BCUT2D eigenvalue weighted by atomic mass is 19.1.